The van der Waals surface area contributed by atoms with Crippen LogP contribution in [0.1, 0.15) is 12.6 Å². The third-order valence-electron chi connectivity index (χ3n) is 2.41. The molecule has 1 atom stereocenters. The zero-order valence-corrected chi connectivity index (χ0v) is 8.55. The Balaban J connectivity index is 1.93. The number of nitrogens with one attached hydrogen (secondary N) is 1. The Kier molecular flexibility index (Phi) is 2.87. The van der Waals surface area contributed by atoms with Crippen molar-refractivity contribution in [3.63, 3.8) is 0 Å². The summed E-state index contributed by atoms with van der Waals surface area (Å²) in [6.07, 6.45) is 1.86. The zero-order valence-electron chi connectivity index (χ0n) is 7.73. The van der Waals surface area contributed by atoms with E-state index in [1.807, 2.05) is 6.20 Å². The molecule has 0 unspecified atom stereocenters. The van der Waals surface area contributed by atoms with Crippen LogP contribution in [0.4, 0.5) is 0 Å². The van der Waals surface area contributed by atoms with Crippen molar-refractivity contribution in [2.24, 2.45) is 0 Å². The van der Waals surface area contributed by atoms with Crippen LogP contribution in [0.3, 0.4) is 0 Å². The second kappa shape index (κ2) is 4.13. The summed E-state index contributed by atoms with van der Waals surface area (Å²) in [5, 5.41) is 3.37. The lowest BCUT2D eigenvalue weighted by Gasteiger charge is -2.33. The summed E-state index contributed by atoms with van der Waals surface area (Å²) in [7, 11) is 0. The van der Waals surface area contributed by atoms with Crippen molar-refractivity contribution in [2.45, 2.75) is 19.5 Å². The van der Waals surface area contributed by atoms with Crippen LogP contribution in [0.2, 0.25) is 0 Å². The molecule has 1 N–H and O–H groups in total. The Labute approximate surface area is 82.3 Å². The van der Waals surface area contributed by atoms with Gasteiger partial charge in [-0.1, -0.05) is 0 Å². The Hall–Kier alpha value is -0.520. The highest BCUT2D eigenvalue weighted by Gasteiger charge is 2.18. The van der Waals surface area contributed by atoms with Crippen LogP contribution in [0.15, 0.2) is 6.20 Å². The van der Waals surface area contributed by atoms with Crippen molar-refractivity contribution in [1.29, 1.82) is 0 Å². The summed E-state index contributed by atoms with van der Waals surface area (Å²) in [6, 6.07) is 0.607. The first-order valence-electron chi connectivity index (χ1n) is 4.57. The van der Waals surface area contributed by atoms with Crippen molar-refractivity contribution in [1.82, 2.24) is 19.0 Å². The van der Waals surface area contributed by atoms with E-state index >= 15 is 0 Å². The van der Waals surface area contributed by atoms with E-state index in [9.17, 15) is 0 Å². The molecule has 0 aromatic carbocycles. The van der Waals surface area contributed by atoms with Gasteiger partial charge in [0.15, 0.2) is 0 Å². The summed E-state index contributed by atoms with van der Waals surface area (Å²) in [5.74, 6) is 0. The molecule has 4 nitrogen and oxygen atoms in total. The number of aromatic nitrogens is 2. The van der Waals surface area contributed by atoms with Crippen molar-refractivity contribution < 1.29 is 0 Å². The van der Waals surface area contributed by atoms with E-state index in [0.29, 0.717) is 6.04 Å². The van der Waals surface area contributed by atoms with E-state index in [1.165, 1.54) is 11.7 Å². The molecule has 2 rings (SSSR count). The predicted octanol–water partition coefficient (Wildman–Crippen LogP) is 0.332. The smallest absolute Gasteiger partial charge is 0.0883 e. The normalized spacial score (nSPS) is 24.8. The average Bonchev–Trinajstić information content (AvgIpc) is 2.61. The summed E-state index contributed by atoms with van der Waals surface area (Å²) in [5.41, 5.74) is 1.10. The standard InChI is InChI=1S/C8H14N4S/c1-7-4-9-2-3-12(7)6-8-5-10-13-11-8/h5,7,9H,2-4,6H2,1H3/t7-/m0/s1. The molecule has 1 aliphatic heterocycles. The van der Waals surface area contributed by atoms with Crippen LogP contribution in [0.25, 0.3) is 0 Å². The Morgan fingerprint density at radius 3 is 3.38 bits per heavy atom. The Morgan fingerprint density at radius 1 is 1.77 bits per heavy atom. The molecule has 5 heteroatoms. The van der Waals surface area contributed by atoms with E-state index in [-0.39, 0.29) is 0 Å². The van der Waals surface area contributed by atoms with Crippen molar-refractivity contribution in [3.8, 4) is 0 Å². The van der Waals surface area contributed by atoms with Crippen molar-refractivity contribution in [2.75, 3.05) is 19.6 Å². The van der Waals surface area contributed by atoms with Gasteiger partial charge in [0, 0.05) is 32.2 Å². The van der Waals surface area contributed by atoms with E-state index in [1.54, 1.807) is 0 Å². The quantitative estimate of drug-likeness (QED) is 0.743. The highest BCUT2D eigenvalue weighted by atomic mass is 32.1. The van der Waals surface area contributed by atoms with E-state index in [4.69, 9.17) is 0 Å². The van der Waals surface area contributed by atoms with Crippen molar-refractivity contribution >= 4 is 11.7 Å². The molecule has 0 amide bonds. The Morgan fingerprint density at radius 2 is 2.69 bits per heavy atom. The zero-order chi connectivity index (χ0) is 9.10. The lowest BCUT2D eigenvalue weighted by atomic mass is 10.2. The second-order valence-electron chi connectivity index (χ2n) is 3.42. The molecule has 0 radical (unpaired) electrons. The third-order valence-corrected chi connectivity index (χ3v) is 2.93. The van der Waals surface area contributed by atoms with Crippen LogP contribution in [-0.2, 0) is 6.54 Å². The molecule has 0 saturated carbocycles. The van der Waals surface area contributed by atoms with Gasteiger partial charge in [0.2, 0.25) is 0 Å². The summed E-state index contributed by atoms with van der Waals surface area (Å²) in [4.78, 5) is 2.44. The monoisotopic (exact) mass is 198 g/mol. The fourth-order valence-electron chi connectivity index (χ4n) is 1.58. The number of rotatable bonds is 2. The van der Waals surface area contributed by atoms with Gasteiger partial charge in [-0.3, -0.25) is 4.90 Å². The molecule has 0 spiro atoms. The molecular formula is C8H14N4S. The van der Waals surface area contributed by atoms with Crippen molar-refractivity contribution in [3.05, 3.63) is 11.9 Å². The fourth-order valence-corrected chi connectivity index (χ4v) is 2.01. The van der Waals surface area contributed by atoms with E-state index in [2.05, 4.69) is 25.9 Å². The highest BCUT2D eigenvalue weighted by molar-refractivity contribution is 6.99. The van der Waals surface area contributed by atoms with Gasteiger partial charge < -0.3 is 5.32 Å². The van der Waals surface area contributed by atoms with Gasteiger partial charge in [-0.25, -0.2) is 0 Å². The van der Waals surface area contributed by atoms with Gasteiger partial charge in [-0.05, 0) is 6.92 Å². The van der Waals surface area contributed by atoms with E-state index in [0.717, 1.165) is 31.9 Å². The highest BCUT2D eigenvalue weighted by Crippen LogP contribution is 2.07. The lowest BCUT2D eigenvalue weighted by Crippen LogP contribution is -2.49. The van der Waals surface area contributed by atoms with Gasteiger partial charge in [0.1, 0.15) is 0 Å². The van der Waals surface area contributed by atoms with E-state index < -0.39 is 0 Å². The average molecular weight is 198 g/mol. The third kappa shape index (κ3) is 2.24. The van der Waals surface area contributed by atoms with Gasteiger partial charge >= 0.3 is 0 Å². The van der Waals surface area contributed by atoms with Crippen LogP contribution in [0.5, 0.6) is 0 Å². The first kappa shape index (κ1) is 9.05. The van der Waals surface area contributed by atoms with Gasteiger partial charge in [-0.15, -0.1) is 0 Å². The summed E-state index contributed by atoms with van der Waals surface area (Å²) in [6.45, 7) is 6.46. The largest absolute Gasteiger partial charge is 0.314 e. The topological polar surface area (TPSA) is 41.0 Å². The molecule has 2 heterocycles. The van der Waals surface area contributed by atoms with Crippen LogP contribution in [0, 0.1) is 0 Å². The maximum Gasteiger partial charge on any atom is 0.0883 e. The molecule has 1 aromatic heterocycles. The lowest BCUT2D eigenvalue weighted by molar-refractivity contribution is 0.164. The fraction of sp³-hybridized carbons (Fsp3) is 0.750. The predicted molar refractivity (Wildman–Crippen MR) is 52.7 cm³/mol. The summed E-state index contributed by atoms with van der Waals surface area (Å²) >= 11 is 1.29. The number of nitrogens with zero attached hydrogens (tertiary/aromatic N) is 3. The number of hydrogen-bond acceptors (Lipinski definition) is 5. The maximum absolute atomic E-state index is 4.21. The van der Waals surface area contributed by atoms with Crippen LogP contribution in [-0.4, -0.2) is 39.3 Å². The van der Waals surface area contributed by atoms with Crippen LogP contribution < -0.4 is 5.32 Å². The van der Waals surface area contributed by atoms with Gasteiger partial charge in [0.25, 0.3) is 0 Å². The molecule has 72 valence electrons. The molecule has 1 aromatic rings. The van der Waals surface area contributed by atoms with Gasteiger partial charge in [0.05, 0.1) is 23.6 Å². The molecular weight excluding hydrogens is 184 g/mol. The molecule has 0 bridgehead atoms. The minimum absolute atomic E-state index is 0.607. The summed E-state index contributed by atoms with van der Waals surface area (Å²) < 4.78 is 8.21. The molecule has 13 heavy (non-hydrogen) atoms. The molecule has 1 aliphatic rings. The second-order valence-corrected chi connectivity index (χ2v) is 3.98. The molecule has 1 saturated heterocycles. The Bertz CT molecular complexity index is 249. The SMILES string of the molecule is C[C@H]1CNCCN1Cc1cnsn1. The minimum Gasteiger partial charge on any atom is -0.314 e. The van der Waals surface area contributed by atoms with Gasteiger partial charge in [-0.2, -0.15) is 8.75 Å². The first-order chi connectivity index (χ1) is 6.36. The maximum atomic E-state index is 4.21. The number of hydrogen-bond donors (Lipinski definition) is 1. The first-order valence-corrected chi connectivity index (χ1v) is 5.30. The number of piperazine rings is 1. The molecule has 0 aliphatic carbocycles. The minimum atomic E-state index is 0.607. The van der Waals surface area contributed by atoms with Crippen LogP contribution >= 0.6 is 11.7 Å². The molecule has 1 fully saturated rings.